The first kappa shape index (κ1) is 15.5. The Balaban J connectivity index is 2.09. The summed E-state index contributed by atoms with van der Waals surface area (Å²) in [5.41, 5.74) is 4.41. The predicted octanol–water partition coefficient (Wildman–Crippen LogP) is 0.965. The van der Waals surface area contributed by atoms with Crippen LogP contribution >= 0.6 is 0 Å². The third-order valence-electron chi connectivity index (χ3n) is 3.99. The number of nitrogens with one attached hydrogen (secondary N) is 2. The molecule has 1 aromatic heterocycles. The van der Waals surface area contributed by atoms with Crippen molar-refractivity contribution in [3.63, 3.8) is 0 Å². The lowest BCUT2D eigenvalue weighted by atomic mass is 9.88. The molecule has 0 saturated heterocycles. The Labute approximate surface area is 120 Å². The van der Waals surface area contributed by atoms with E-state index >= 15 is 0 Å². The number of hydrogen-bond acceptors (Lipinski definition) is 4. The first-order valence-corrected chi connectivity index (χ1v) is 7.51. The number of aliphatic hydroxyl groups excluding tert-OH is 1. The van der Waals surface area contributed by atoms with Crippen LogP contribution in [-0.2, 0) is 23.4 Å². The highest BCUT2D eigenvalue weighted by molar-refractivity contribution is 5.41. The van der Waals surface area contributed by atoms with Crippen LogP contribution in [0.1, 0.15) is 42.3 Å². The van der Waals surface area contributed by atoms with Crippen molar-refractivity contribution in [2.45, 2.75) is 45.3 Å². The summed E-state index contributed by atoms with van der Waals surface area (Å²) in [4.78, 5) is 3.39. The van der Waals surface area contributed by atoms with E-state index < -0.39 is 5.79 Å². The summed E-state index contributed by atoms with van der Waals surface area (Å²) in [7, 11) is 0. The minimum absolute atomic E-state index is 0.116. The highest BCUT2D eigenvalue weighted by Gasteiger charge is 2.39. The zero-order valence-corrected chi connectivity index (χ0v) is 12.5. The smallest absolute Gasteiger partial charge is 0.194 e. The quantitative estimate of drug-likeness (QED) is 0.444. The molecule has 1 heterocycles. The van der Waals surface area contributed by atoms with Crippen molar-refractivity contribution in [3.8, 4) is 0 Å². The van der Waals surface area contributed by atoms with Gasteiger partial charge in [-0.3, -0.25) is 0 Å². The predicted molar refractivity (Wildman–Crippen MR) is 77.7 cm³/mol. The fourth-order valence-corrected chi connectivity index (χ4v) is 3.11. The molecule has 1 aliphatic rings. The van der Waals surface area contributed by atoms with Gasteiger partial charge in [-0.15, -0.1) is 0 Å². The number of aliphatic hydroxyl groups is 2. The molecule has 2 rings (SSSR count). The van der Waals surface area contributed by atoms with Crippen molar-refractivity contribution in [2.75, 3.05) is 26.3 Å². The van der Waals surface area contributed by atoms with Gasteiger partial charge in [0.1, 0.15) is 0 Å². The van der Waals surface area contributed by atoms with E-state index in [0.29, 0.717) is 26.1 Å². The highest BCUT2D eigenvalue weighted by atomic mass is 16.6. The van der Waals surface area contributed by atoms with Gasteiger partial charge in [0.25, 0.3) is 0 Å². The number of H-pyrrole nitrogens is 1. The first-order valence-electron chi connectivity index (χ1n) is 7.51. The van der Waals surface area contributed by atoms with Crippen LogP contribution in [0.3, 0.4) is 0 Å². The second kappa shape index (κ2) is 6.72. The fourth-order valence-electron chi connectivity index (χ4n) is 3.11. The van der Waals surface area contributed by atoms with Gasteiger partial charge >= 0.3 is 0 Å². The highest BCUT2D eigenvalue weighted by Crippen LogP contribution is 2.39. The summed E-state index contributed by atoms with van der Waals surface area (Å²) in [5.74, 6) is -1.16. The Morgan fingerprint density at radius 3 is 2.90 bits per heavy atom. The number of hydrogen-bond donors (Lipinski definition) is 4. The minimum Gasteiger partial charge on any atom is -0.395 e. The van der Waals surface area contributed by atoms with E-state index in [-0.39, 0.29) is 6.61 Å². The summed E-state index contributed by atoms with van der Waals surface area (Å²) in [5, 5.41) is 22.7. The van der Waals surface area contributed by atoms with Crippen LogP contribution in [0.5, 0.6) is 0 Å². The third kappa shape index (κ3) is 3.06. The minimum atomic E-state index is -1.16. The lowest BCUT2D eigenvalue weighted by molar-refractivity contribution is -0.220. The Morgan fingerprint density at radius 2 is 2.20 bits per heavy atom. The largest absolute Gasteiger partial charge is 0.395 e. The maximum absolute atomic E-state index is 10.9. The molecule has 0 amide bonds. The Kier molecular flexibility index (Phi) is 5.21. The zero-order valence-electron chi connectivity index (χ0n) is 12.5. The average molecular weight is 282 g/mol. The Morgan fingerprint density at radius 1 is 1.40 bits per heavy atom. The van der Waals surface area contributed by atoms with E-state index in [1.165, 1.54) is 5.56 Å². The molecule has 0 fully saturated rings. The van der Waals surface area contributed by atoms with Gasteiger partial charge in [0, 0.05) is 36.5 Å². The number of aromatic amines is 1. The average Bonchev–Trinajstić information content (AvgIpc) is 2.76. The monoisotopic (exact) mass is 282 g/mol. The molecule has 0 radical (unpaired) electrons. The molecule has 5 nitrogen and oxygen atoms in total. The van der Waals surface area contributed by atoms with Gasteiger partial charge in [0.2, 0.25) is 0 Å². The third-order valence-corrected chi connectivity index (χ3v) is 3.99. The normalized spacial score (nSPS) is 22.0. The van der Waals surface area contributed by atoms with E-state index in [1.54, 1.807) is 0 Å². The standard InChI is InChI=1S/C15H26N2O3/c1-3-12-11(2)17-13-5-4-6-15(19,14(12)13)20-10-8-16-7-9-18/h16-19H,3-10H2,1-2H3. The van der Waals surface area contributed by atoms with Gasteiger partial charge in [-0.25, -0.2) is 0 Å². The van der Waals surface area contributed by atoms with E-state index in [1.807, 2.05) is 0 Å². The van der Waals surface area contributed by atoms with Gasteiger partial charge in [-0.05, 0) is 31.7 Å². The van der Waals surface area contributed by atoms with Crippen LogP contribution in [0, 0.1) is 6.92 Å². The molecule has 0 bridgehead atoms. The fraction of sp³-hybridized carbons (Fsp3) is 0.733. The number of aryl methyl sites for hydroxylation is 2. The van der Waals surface area contributed by atoms with Gasteiger partial charge in [0.05, 0.1) is 13.2 Å². The van der Waals surface area contributed by atoms with Crippen LogP contribution in [0.4, 0.5) is 0 Å². The van der Waals surface area contributed by atoms with Gasteiger partial charge < -0.3 is 25.3 Å². The van der Waals surface area contributed by atoms with Crippen molar-refractivity contribution >= 4 is 0 Å². The second-order valence-electron chi connectivity index (χ2n) is 5.40. The molecule has 4 N–H and O–H groups in total. The van der Waals surface area contributed by atoms with Crippen molar-refractivity contribution in [1.82, 2.24) is 10.3 Å². The first-order chi connectivity index (χ1) is 9.62. The van der Waals surface area contributed by atoms with E-state index in [9.17, 15) is 5.11 Å². The molecule has 1 aliphatic carbocycles. The molecule has 114 valence electrons. The van der Waals surface area contributed by atoms with Gasteiger partial charge in [-0.2, -0.15) is 0 Å². The summed E-state index contributed by atoms with van der Waals surface area (Å²) >= 11 is 0. The molecule has 5 heteroatoms. The van der Waals surface area contributed by atoms with Crippen molar-refractivity contribution in [1.29, 1.82) is 0 Å². The summed E-state index contributed by atoms with van der Waals surface area (Å²) in [6, 6.07) is 0. The molecule has 0 spiro atoms. The maximum atomic E-state index is 10.9. The van der Waals surface area contributed by atoms with Crippen LogP contribution < -0.4 is 5.32 Å². The zero-order chi connectivity index (χ0) is 14.6. The summed E-state index contributed by atoms with van der Waals surface area (Å²) < 4.78 is 5.79. The van der Waals surface area contributed by atoms with E-state index in [4.69, 9.17) is 9.84 Å². The summed E-state index contributed by atoms with van der Waals surface area (Å²) in [6.45, 7) is 5.89. The lowest BCUT2D eigenvalue weighted by Gasteiger charge is -2.33. The molecule has 0 saturated carbocycles. The molecule has 0 aromatic carbocycles. The topological polar surface area (TPSA) is 77.5 Å². The van der Waals surface area contributed by atoms with Crippen LogP contribution in [0.25, 0.3) is 0 Å². The lowest BCUT2D eigenvalue weighted by Crippen LogP contribution is -2.36. The Bertz CT molecular complexity index is 445. The molecule has 1 aromatic rings. The molecular weight excluding hydrogens is 256 g/mol. The Hall–Kier alpha value is -0.880. The molecule has 20 heavy (non-hydrogen) atoms. The SMILES string of the molecule is CCc1c(C)[nH]c2c1C(O)(OCCNCCO)CCC2. The number of rotatable bonds is 7. The van der Waals surface area contributed by atoms with Gasteiger partial charge in [0.15, 0.2) is 5.79 Å². The van der Waals surface area contributed by atoms with Crippen molar-refractivity contribution in [3.05, 3.63) is 22.5 Å². The van der Waals surface area contributed by atoms with E-state index in [0.717, 1.165) is 36.2 Å². The van der Waals surface area contributed by atoms with Crippen LogP contribution in [-0.4, -0.2) is 41.5 Å². The van der Waals surface area contributed by atoms with Crippen LogP contribution in [0.2, 0.25) is 0 Å². The number of ether oxygens (including phenoxy) is 1. The van der Waals surface area contributed by atoms with Crippen molar-refractivity contribution < 1.29 is 14.9 Å². The van der Waals surface area contributed by atoms with Gasteiger partial charge in [-0.1, -0.05) is 6.92 Å². The van der Waals surface area contributed by atoms with Crippen molar-refractivity contribution in [2.24, 2.45) is 0 Å². The summed E-state index contributed by atoms with van der Waals surface area (Å²) in [6.07, 6.45) is 3.44. The van der Waals surface area contributed by atoms with E-state index in [2.05, 4.69) is 24.1 Å². The molecule has 1 atom stereocenters. The molecular formula is C15H26N2O3. The van der Waals surface area contributed by atoms with Crippen LogP contribution in [0.15, 0.2) is 0 Å². The maximum Gasteiger partial charge on any atom is 0.194 e. The molecule has 0 aliphatic heterocycles. The second-order valence-corrected chi connectivity index (χ2v) is 5.40. The number of aromatic nitrogens is 1. The number of fused-ring (bicyclic) bond motifs is 1. The molecule has 1 unspecified atom stereocenters.